The van der Waals surface area contributed by atoms with Crippen LogP contribution in [0.1, 0.15) is 6.92 Å². The summed E-state index contributed by atoms with van der Waals surface area (Å²) in [5, 5.41) is 0. The van der Waals surface area contributed by atoms with Crippen LogP contribution < -0.4 is 0 Å². The van der Waals surface area contributed by atoms with Crippen molar-refractivity contribution < 1.29 is 35.0 Å². The summed E-state index contributed by atoms with van der Waals surface area (Å²) in [6.07, 6.45) is 10.0. The minimum Gasteiger partial charge on any atom is -0.331 e. The van der Waals surface area contributed by atoms with Crippen LogP contribution in [-0.2, 0) is 35.0 Å². The van der Waals surface area contributed by atoms with Crippen molar-refractivity contribution in [1.29, 1.82) is 0 Å². The maximum absolute atomic E-state index is 7.50. The van der Waals surface area contributed by atoms with E-state index in [-0.39, 0.29) is 21.1 Å². The monoisotopic (exact) mass is 386 g/mol. The fraction of sp³-hybridized carbons (Fsp3) is 0.0833. The third-order valence-corrected chi connectivity index (χ3v) is 0.732. The molecule has 0 amide bonds. The number of rotatable bonds is 0. The number of hydrogen-bond acceptors (Lipinski definition) is 0. The largest absolute Gasteiger partial charge is 2.00 e. The molecule has 3 nitrogen and oxygen atoms in total. The molecule has 0 aliphatic heterocycles. The van der Waals surface area contributed by atoms with Crippen LogP contribution in [0.2, 0.25) is 0 Å². The molecule has 0 heterocycles. The first-order chi connectivity index (χ1) is 7.41. The Morgan fingerprint density at radius 1 is 0.812 bits per heavy atom. The van der Waals surface area contributed by atoms with Crippen molar-refractivity contribution in [3.05, 3.63) is 59.0 Å². The van der Waals surface area contributed by atoms with Crippen LogP contribution in [0.15, 0.2) is 0 Å². The zero-order valence-corrected chi connectivity index (χ0v) is 11.7. The third kappa shape index (κ3) is 71.3. The summed E-state index contributed by atoms with van der Waals surface area (Å²) in [6.45, 7) is 18.5. The van der Waals surface area contributed by atoms with Gasteiger partial charge in [-0.2, -0.15) is 6.92 Å². The van der Waals surface area contributed by atoms with Crippen molar-refractivity contribution in [1.82, 2.24) is 0 Å². The van der Waals surface area contributed by atoms with Gasteiger partial charge in [-0.05, 0) is 32.1 Å². The smallest absolute Gasteiger partial charge is 0.331 e. The van der Waals surface area contributed by atoms with Gasteiger partial charge in [0.25, 0.3) is 0 Å². The second-order valence-electron chi connectivity index (χ2n) is 1.39. The Hall–Kier alpha value is -0.662. The van der Waals surface area contributed by atoms with E-state index in [0.29, 0.717) is 0 Å². The van der Waals surface area contributed by atoms with Gasteiger partial charge < -0.3 is 5.92 Å². The van der Waals surface area contributed by atoms with Gasteiger partial charge in [-0.1, -0.05) is 6.92 Å². The van der Waals surface area contributed by atoms with E-state index in [2.05, 4.69) is 38.7 Å². The molecule has 0 bridgehead atoms. The minimum atomic E-state index is 0. The minimum absolute atomic E-state index is 0. The Labute approximate surface area is 113 Å². The summed E-state index contributed by atoms with van der Waals surface area (Å²) in [4.78, 5) is 0. The second-order valence-corrected chi connectivity index (χ2v) is 1.39. The molecule has 16 heavy (non-hydrogen) atoms. The molecular formula is C12H10O3W+. The van der Waals surface area contributed by atoms with Crippen molar-refractivity contribution in [3.8, 4) is 11.8 Å². The van der Waals surface area contributed by atoms with E-state index in [4.69, 9.17) is 14.0 Å². The van der Waals surface area contributed by atoms with Gasteiger partial charge in [-0.3, -0.25) is 5.92 Å². The predicted octanol–water partition coefficient (Wildman–Crippen LogP) is 1.75. The summed E-state index contributed by atoms with van der Waals surface area (Å²) in [5.41, 5.74) is 0. The maximum Gasteiger partial charge on any atom is 2.00 e. The summed E-state index contributed by atoms with van der Waals surface area (Å²) >= 11 is 0. The summed E-state index contributed by atoms with van der Waals surface area (Å²) in [6, 6.07) is 0. The Balaban J connectivity index is -0.0000000337. The molecule has 5 radical (unpaired) electrons. The molecule has 4 heteroatoms. The summed E-state index contributed by atoms with van der Waals surface area (Å²) in [7, 11) is 0. The van der Waals surface area contributed by atoms with E-state index in [9.17, 15) is 0 Å². The van der Waals surface area contributed by atoms with Crippen molar-refractivity contribution in [3.63, 3.8) is 0 Å². The van der Waals surface area contributed by atoms with Gasteiger partial charge >= 0.3 is 55.0 Å². The molecule has 0 aromatic carbocycles. The van der Waals surface area contributed by atoms with Crippen molar-refractivity contribution in [2.45, 2.75) is 6.92 Å². The van der Waals surface area contributed by atoms with Crippen LogP contribution in [0.5, 0.6) is 0 Å². The first kappa shape index (κ1) is 29.5. The Morgan fingerprint density at radius 3 is 1.00 bits per heavy atom. The van der Waals surface area contributed by atoms with Crippen LogP contribution in [-0.4, -0.2) is 0 Å². The first-order valence-electron chi connectivity index (χ1n) is 3.38. The van der Waals surface area contributed by atoms with E-state index in [1.807, 2.05) is 32.1 Å². The molecule has 0 saturated heterocycles. The van der Waals surface area contributed by atoms with Gasteiger partial charge in [0.2, 0.25) is 0 Å². The third-order valence-electron chi connectivity index (χ3n) is 0.732. The molecule has 0 spiro atoms. The molecule has 1 fully saturated rings. The molecule has 1 saturated carbocycles. The van der Waals surface area contributed by atoms with Gasteiger partial charge in [0, 0.05) is 0 Å². The average molecular weight is 386 g/mol. The van der Waals surface area contributed by atoms with Gasteiger partial charge in [0.15, 0.2) is 0 Å². The van der Waals surface area contributed by atoms with Crippen molar-refractivity contribution >= 4 is 0 Å². The van der Waals surface area contributed by atoms with E-state index < -0.39 is 0 Å². The summed E-state index contributed by atoms with van der Waals surface area (Å²) < 4.78 is 22.5. The van der Waals surface area contributed by atoms with Gasteiger partial charge in [-0.25, -0.2) is 0 Å². The Morgan fingerprint density at radius 2 is 0.938 bits per heavy atom. The second kappa shape index (κ2) is 63.5. The van der Waals surface area contributed by atoms with Crippen molar-refractivity contribution in [2.24, 2.45) is 0 Å². The normalized spacial score (nSPS) is 8.69. The van der Waals surface area contributed by atoms with Gasteiger partial charge in [0.05, 0.1) is 0 Å². The molecule has 1 rings (SSSR count). The van der Waals surface area contributed by atoms with E-state index in [0.717, 1.165) is 0 Å². The molecule has 0 aromatic heterocycles. The fourth-order valence-corrected chi connectivity index (χ4v) is 0.321. The molecule has 0 unspecified atom stereocenters. The van der Waals surface area contributed by atoms with Gasteiger partial charge in [0.1, 0.15) is 0 Å². The number of hydrogen-bond donors (Lipinski definition) is 0. The predicted molar refractivity (Wildman–Crippen MR) is 52.1 cm³/mol. The maximum atomic E-state index is 7.50. The fourth-order valence-electron chi connectivity index (χ4n) is 0.321. The average Bonchev–Trinajstić information content (AvgIpc) is 2.95. The molecule has 1 aliphatic carbocycles. The first-order valence-corrected chi connectivity index (χ1v) is 3.38. The van der Waals surface area contributed by atoms with Crippen LogP contribution in [0.4, 0.5) is 0 Å². The molecule has 1 aliphatic rings. The van der Waals surface area contributed by atoms with Gasteiger partial charge in [-0.15, -0.1) is 0 Å². The zero-order valence-electron chi connectivity index (χ0n) is 8.73. The Bertz CT molecular complexity index is 164. The quantitative estimate of drug-likeness (QED) is 0.346. The Kier molecular flexibility index (Phi) is 117. The SMILES string of the molecule is [C-]#[O+].[C-]#[O+].[C-]#[O+].[CH2-]C#CC.[CH]1[CH][CH][CH][CH]1.[W+2]. The standard InChI is InChI=1S/C5H5.C4H5.3CO.W/c1-2-4-5-3-1;1-3-4-2;3*1-2;/h1-5H;1H2,2H3;;;;/q;-1;;;;+2. The topological polar surface area (TPSA) is 59.7 Å². The van der Waals surface area contributed by atoms with Crippen molar-refractivity contribution in [2.75, 3.05) is 0 Å². The molecule has 0 aromatic rings. The zero-order chi connectivity index (χ0) is 12.9. The van der Waals surface area contributed by atoms with E-state index in [1.165, 1.54) is 0 Å². The molecule has 0 atom stereocenters. The molecule has 0 N–H and O–H groups in total. The van der Waals surface area contributed by atoms with E-state index in [1.54, 1.807) is 6.92 Å². The van der Waals surface area contributed by atoms with Crippen LogP contribution in [0.3, 0.4) is 0 Å². The van der Waals surface area contributed by atoms with Crippen LogP contribution in [0, 0.1) is 70.8 Å². The molecular weight excluding hydrogens is 376 g/mol. The summed E-state index contributed by atoms with van der Waals surface area (Å²) in [5.74, 6) is 5.00. The van der Waals surface area contributed by atoms with Crippen LogP contribution in [0.25, 0.3) is 0 Å². The van der Waals surface area contributed by atoms with E-state index >= 15 is 0 Å². The molecule has 81 valence electrons. The van der Waals surface area contributed by atoms with Crippen LogP contribution >= 0.6 is 0 Å².